The lowest BCUT2D eigenvalue weighted by atomic mass is 9.98. The molecule has 0 bridgehead atoms. The molecule has 56 valence electrons. The minimum Gasteiger partial charge on any atom is -0.481 e. The molecule has 0 heterocycles. The molecule has 1 aliphatic carbocycles. The van der Waals surface area contributed by atoms with Crippen molar-refractivity contribution in [1.82, 2.24) is 0 Å². The first-order chi connectivity index (χ1) is 4.63. The zero-order chi connectivity index (χ0) is 7.72. The molecule has 0 aliphatic heterocycles. The van der Waals surface area contributed by atoms with Gasteiger partial charge in [0.25, 0.3) is 0 Å². The summed E-state index contributed by atoms with van der Waals surface area (Å²) in [6.07, 6.45) is 1.17. The summed E-state index contributed by atoms with van der Waals surface area (Å²) in [5.74, 6) is -1.76. The summed E-state index contributed by atoms with van der Waals surface area (Å²) >= 11 is 0. The molecule has 1 saturated carbocycles. The number of hydrogen-bond donors (Lipinski definition) is 1. The number of ketones is 1. The lowest BCUT2D eigenvalue weighted by Crippen LogP contribution is -2.22. The van der Waals surface area contributed by atoms with Crippen LogP contribution in [-0.4, -0.2) is 16.9 Å². The third-order valence-corrected chi connectivity index (χ3v) is 2.03. The zero-order valence-electron chi connectivity index (χ0n) is 5.83. The van der Waals surface area contributed by atoms with Crippen LogP contribution in [0.1, 0.15) is 19.8 Å². The van der Waals surface area contributed by atoms with Crippen molar-refractivity contribution in [3.63, 3.8) is 0 Å². The number of carbonyl (C=O) groups excluding carboxylic acids is 1. The average molecular weight is 142 g/mol. The number of carboxylic acid groups (broad SMARTS) is 1. The Labute approximate surface area is 59.0 Å². The Bertz CT molecular complexity index is 174. The summed E-state index contributed by atoms with van der Waals surface area (Å²) < 4.78 is 0. The summed E-state index contributed by atoms with van der Waals surface area (Å²) in [5, 5.41) is 8.53. The van der Waals surface area contributed by atoms with E-state index >= 15 is 0 Å². The van der Waals surface area contributed by atoms with E-state index in [0.717, 1.165) is 6.42 Å². The van der Waals surface area contributed by atoms with Gasteiger partial charge in [-0.05, 0) is 12.3 Å². The van der Waals surface area contributed by atoms with Crippen LogP contribution in [-0.2, 0) is 9.59 Å². The number of hydrogen-bond acceptors (Lipinski definition) is 2. The fourth-order valence-electron chi connectivity index (χ4n) is 1.39. The maximum absolute atomic E-state index is 10.8. The molecule has 1 unspecified atom stereocenters. The van der Waals surface area contributed by atoms with Gasteiger partial charge in [-0.1, -0.05) is 6.92 Å². The molecule has 0 spiro atoms. The first-order valence-electron chi connectivity index (χ1n) is 3.38. The molecule has 1 aliphatic rings. The molecule has 0 saturated heterocycles. The molecule has 0 aromatic carbocycles. The van der Waals surface area contributed by atoms with Gasteiger partial charge in [-0.25, -0.2) is 0 Å². The molecule has 0 radical (unpaired) electrons. The van der Waals surface area contributed by atoms with E-state index in [1.807, 2.05) is 6.92 Å². The maximum atomic E-state index is 10.8. The van der Waals surface area contributed by atoms with Crippen molar-refractivity contribution < 1.29 is 14.7 Å². The van der Waals surface area contributed by atoms with Crippen molar-refractivity contribution in [3.8, 4) is 0 Å². The molecule has 0 aromatic rings. The van der Waals surface area contributed by atoms with Gasteiger partial charge in [0.1, 0.15) is 11.7 Å². The summed E-state index contributed by atoms with van der Waals surface area (Å²) in [4.78, 5) is 21.2. The molecule has 3 heteroatoms. The van der Waals surface area contributed by atoms with E-state index in [1.165, 1.54) is 0 Å². The Balaban J connectivity index is 2.72. The second-order valence-electron chi connectivity index (χ2n) is 2.80. The van der Waals surface area contributed by atoms with Gasteiger partial charge in [-0.3, -0.25) is 9.59 Å². The first-order valence-corrected chi connectivity index (χ1v) is 3.38. The largest absolute Gasteiger partial charge is 0.481 e. The van der Waals surface area contributed by atoms with Gasteiger partial charge >= 0.3 is 5.97 Å². The number of rotatable bonds is 1. The molecule has 1 fully saturated rings. The fraction of sp³-hybridized carbons (Fsp3) is 0.714. The normalized spacial score (nSPS) is 32.7. The van der Waals surface area contributed by atoms with Crippen molar-refractivity contribution >= 4 is 11.8 Å². The average Bonchev–Trinajstić information content (AvgIpc) is 2.11. The number of carbonyl (C=O) groups is 2. The van der Waals surface area contributed by atoms with Crippen molar-refractivity contribution in [1.29, 1.82) is 0 Å². The summed E-state index contributed by atoms with van der Waals surface area (Å²) in [5.41, 5.74) is 0. The first kappa shape index (κ1) is 7.25. The topological polar surface area (TPSA) is 54.4 Å². The van der Waals surface area contributed by atoms with Gasteiger partial charge in [-0.2, -0.15) is 0 Å². The van der Waals surface area contributed by atoms with Crippen molar-refractivity contribution in [3.05, 3.63) is 0 Å². The predicted octanol–water partition coefficient (Wildman–Crippen LogP) is 0.686. The van der Waals surface area contributed by atoms with E-state index in [0.29, 0.717) is 6.42 Å². The maximum Gasteiger partial charge on any atom is 0.314 e. The van der Waals surface area contributed by atoms with E-state index in [1.54, 1.807) is 0 Å². The second-order valence-corrected chi connectivity index (χ2v) is 2.80. The molecule has 1 N–H and O–H groups in total. The van der Waals surface area contributed by atoms with Crippen LogP contribution in [0.5, 0.6) is 0 Å². The van der Waals surface area contributed by atoms with Crippen molar-refractivity contribution in [2.24, 2.45) is 11.8 Å². The zero-order valence-corrected chi connectivity index (χ0v) is 5.83. The minimum atomic E-state index is -0.963. The Morgan fingerprint density at radius 1 is 1.70 bits per heavy atom. The number of aliphatic carboxylic acids is 1. The van der Waals surface area contributed by atoms with Crippen LogP contribution in [0.15, 0.2) is 0 Å². The van der Waals surface area contributed by atoms with Crippen LogP contribution in [0, 0.1) is 11.8 Å². The Kier molecular flexibility index (Phi) is 1.74. The number of Topliss-reactive ketones (excluding diaryl/α,β-unsaturated/α-hetero) is 1. The fourth-order valence-corrected chi connectivity index (χ4v) is 1.39. The molecule has 3 nitrogen and oxygen atoms in total. The molecule has 0 aromatic heterocycles. The molecule has 2 atom stereocenters. The monoisotopic (exact) mass is 142 g/mol. The summed E-state index contributed by atoms with van der Waals surface area (Å²) in [7, 11) is 0. The summed E-state index contributed by atoms with van der Waals surface area (Å²) in [6.45, 7) is 1.81. The highest BCUT2D eigenvalue weighted by Crippen LogP contribution is 2.27. The van der Waals surface area contributed by atoms with E-state index in [4.69, 9.17) is 5.11 Å². The molecular weight excluding hydrogens is 132 g/mol. The molecule has 0 amide bonds. The van der Waals surface area contributed by atoms with Crippen molar-refractivity contribution in [2.45, 2.75) is 19.8 Å². The third-order valence-electron chi connectivity index (χ3n) is 2.03. The van der Waals surface area contributed by atoms with Gasteiger partial charge < -0.3 is 5.11 Å². The van der Waals surface area contributed by atoms with Gasteiger partial charge in [0.15, 0.2) is 0 Å². The molecule has 10 heavy (non-hydrogen) atoms. The predicted molar refractivity (Wildman–Crippen MR) is 34.5 cm³/mol. The Hall–Kier alpha value is -0.860. The van der Waals surface area contributed by atoms with Gasteiger partial charge in [0.05, 0.1) is 0 Å². The van der Waals surface area contributed by atoms with Gasteiger partial charge in [-0.15, -0.1) is 0 Å². The van der Waals surface area contributed by atoms with Gasteiger partial charge in [0.2, 0.25) is 0 Å². The SMILES string of the molecule is C[C@@H]1CCC(=O)C1C(=O)O. The highest BCUT2D eigenvalue weighted by molar-refractivity contribution is 5.99. The standard InChI is InChI=1S/C7H10O3/c1-4-2-3-5(8)6(4)7(9)10/h4,6H,2-3H2,1H3,(H,9,10)/t4-,6?/m1/s1. The Morgan fingerprint density at radius 2 is 2.30 bits per heavy atom. The van der Waals surface area contributed by atoms with Crippen LogP contribution < -0.4 is 0 Å². The van der Waals surface area contributed by atoms with E-state index in [9.17, 15) is 9.59 Å². The highest BCUT2D eigenvalue weighted by atomic mass is 16.4. The van der Waals surface area contributed by atoms with E-state index in [-0.39, 0.29) is 11.7 Å². The van der Waals surface area contributed by atoms with Crippen LogP contribution in [0.25, 0.3) is 0 Å². The molecular formula is C7H10O3. The minimum absolute atomic E-state index is 0.0324. The van der Waals surface area contributed by atoms with Crippen LogP contribution in [0.2, 0.25) is 0 Å². The Morgan fingerprint density at radius 3 is 2.50 bits per heavy atom. The second kappa shape index (κ2) is 2.40. The van der Waals surface area contributed by atoms with Crippen molar-refractivity contribution in [2.75, 3.05) is 0 Å². The van der Waals surface area contributed by atoms with Crippen LogP contribution >= 0.6 is 0 Å². The van der Waals surface area contributed by atoms with E-state index in [2.05, 4.69) is 0 Å². The quantitative estimate of drug-likeness (QED) is 0.548. The third kappa shape index (κ3) is 1.03. The summed E-state index contributed by atoms with van der Waals surface area (Å²) in [6, 6.07) is 0. The highest BCUT2D eigenvalue weighted by Gasteiger charge is 2.36. The molecule has 1 rings (SSSR count). The number of carboxylic acids is 1. The van der Waals surface area contributed by atoms with E-state index < -0.39 is 11.9 Å². The van der Waals surface area contributed by atoms with Crippen LogP contribution in [0.3, 0.4) is 0 Å². The lowest BCUT2D eigenvalue weighted by molar-refractivity contribution is -0.146. The lowest BCUT2D eigenvalue weighted by Gasteiger charge is -2.06. The van der Waals surface area contributed by atoms with Gasteiger partial charge in [0, 0.05) is 6.42 Å². The smallest absolute Gasteiger partial charge is 0.314 e. The van der Waals surface area contributed by atoms with Crippen LogP contribution in [0.4, 0.5) is 0 Å².